The number of phenolic OH excluding ortho intramolecular Hbond substituents is 1. The van der Waals surface area contributed by atoms with Crippen LogP contribution in [0.4, 0.5) is 5.69 Å². The lowest BCUT2D eigenvalue weighted by molar-refractivity contribution is 0.477. The van der Waals surface area contributed by atoms with Crippen molar-refractivity contribution >= 4 is 27.2 Å². The normalized spacial score (nSPS) is 10.8. The molecule has 0 radical (unpaired) electrons. The molecule has 5 heteroatoms. The SMILES string of the molecule is [C-]#[N+]c1ccc(O)c(-c2nc3c(-c4cccc(-c5ccccn5)c4)cccc3s2)c1. The van der Waals surface area contributed by atoms with Gasteiger partial charge in [0.25, 0.3) is 0 Å². The molecule has 0 fully saturated rings. The number of fused-ring (bicyclic) bond motifs is 1. The van der Waals surface area contributed by atoms with Gasteiger partial charge in [0.2, 0.25) is 0 Å². The molecule has 5 aromatic rings. The summed E-state index contributed by atoms with van der Waals surface area (Å²) >= 11 is 1.51. The second kappa shape index (κ2) is 7.43. The maximum atomic E-state index is 10.3. The molecule has 0 amide bonds. The summed E-state index contributed by atoms with van der Waals surface area (Å²) in [6.45, 7) is 7.24. The number of thiazole rings is 1. The van der Waals surface area contributed by atoms with Crippen LogP contribution in [0.5, 0.6) is 5.75 Å². The Morgan fingerprint density at radius 2 is 1.70 bits per heavy atom. The Hall–Kier alpha value is -4.01. The molecule has 2 heterocycles. The third-order valence-corrected chi connectivity index (χ3v) is 5.95. The lowest BCUT2D eigenvalue weighted by Crippen LogP contribution is -1.85. The monoisotopic (exact) mass is 405 g/mol. The molecule has 0 atom stereocenters. The van der Waals surface area contributed by atoms with Crippen LogP contribution in [0, 0.1) is 6.57 Å². The summed E-state index contributed by atoms with van der Waals surface area (Å²) in [4.78, 5) is 12.8. The standard InChI is InChI=1S/C25H15N3OS/c1-26-18-11-12-22(29)20(15-18)25-28-24-19(8-5-10-23(24)30-25)16-6-4-7-17(14-16)21-9-2-3-13-27-21/h2-15,29H. The maximum absolute atomic E-state index is 10.3. The van der Waals surface area contributed by atoms with Gasteiger partial charge >= 0.3 is 0 Å². The van der Waals surface area contributed by atoms with Crippen molar-refractivity contribution < 1.29 is 5.11 Å². The van der Waals surface area contributed by atoms with Crippen molar-refractivity contribution in [1.82, 2.24) is 9.97 Å². The molecule has 0 aliphatic carbocycles. The number of rotatable bonds is 3. The molecule has 3 aromatic carbocycles. The number of benzene rings is 3. The molecule has 0 spiro atoms. The minimum atomic E-state index is 0.125. The first kappa shape index (κ1) is 18.0. The molecule has 2 aromatic heterocycles. The summed E-state index contributed by atoms with van der Waals surface area (Å²) in [5, 5.41) is 11.0. The highest BCUT2D eigenvalue weighted by molar-refractivity contribution is 7.21. The van der Waals surface area contributed by atoms with Crippen molar-refractivity contribution in [2.24, 2.45) is 0 Å². The Morgan fingerprint density at radius 3 is 2.53 bits per heavy atom. The molecular formula is C25H15N3OS. The number of pyridine rings is 1. The van der Waals surface area contributed by atoms with Crippen LogP contribution >= 0.6 is 11.3 Å². The van der Waals surface area contributed by atoms with Crippen LogP contribution in [0.1, 0.15) is 0 Å². The van der Waals surface area contributed by atoms with Gasteiger partial charge in [0.15, 0.2) is 5.69 Å². The summed E-state index contributed by atoms with van der Waals surface area (Å²) in [5.74, 6) is 0.125. The number of phenols is 1. The Kier molecular flexibility index (Phi) is 4.47. The fraction of sp³-hybridized carbons (Fsp3) is 0. The number of aromatic nitrogens is 2. The Labute approximate surface area is 177 Å². The quantitative estimate of drug-likeness (QED) is 0.330. The fourth-order valence-electron chi connectivity index (χ4n) is 3.44. The molecule has 0 saturated carbocycles. The average Bonchev–Trinajstić information content (AvgIpc) is 3.24. The van der Waals surface area contributed by atoms with E-state index in [1.807, 2.05) is 42.5 Å². The predicted octanol–water partition coefficient (Wildman–Crippen LogP) is 6.95. The first-order chi connectivity index (χ1) is 14.7. The minimum absolute atomic E-state index is 0.125. The van der Waals surface area contributed by atoms with Crippen molar-refractivity contribution in [3.8, 4) is 38.7 Å². The molecule has 0 aliphatic rings. The molecule has 5 rings (SSSR count). The highest BCUT2D eigenvalue weighted by Gasteiger charge is 2.14. The largest absolute Gasteiger partial charge is 0.507 e. The van der Waals surface area contributed by atoms with Crippen molar-refractivity contribution in [1.29, 1.82) is 0 Å². The van der Waals surface area contributed by atoms with Crippen LogP contribution in [0.25, 0.3) is 48.0 Å². The van der Waals surface area contributed by atoms with Gasteiger partial charge in [-0.2, -0.15) is 0 Å². The zero-order chi connectivity index (χ0) is 20.5. The van der Waals surface area contributed by atoms with Crippen LogP contribution < -0.4 is 0 Å². The van der Waals surface area contributed by atoms with E-state index in [1.165, 1.54) is 11.3 Å². The second-order valence-electron chi connectivity index (χ2n) is 6.78. The number of aromatic hydroxyl groups is 1. The van der Waals surface area contributed by atoms with Crippen LogP contribution in [0.2, 0.25) is 0 Å². The molecular weight excluding hydrogens is 390 g/mol. The van der Waals surface area contributed by atoms with Gasteiger partial charge in [-0.05, 0) is 42.0 Å². The van der Waals surface area contributed by atoms with E-state index in [-0.39, 0.29) is 5.75 Å². The highest BCUT2D eigenvalue weighted by atomic mass is 32.1. The van der Waals surface area contributed by atoms with E-state index in [2.05, 4.69) is 28.0 Å². The van der Waals surface area contributed by atoms with Gasteiger partial charge in [-0.15, -0.1) is 11.3 Å². The van der Waals surface area contributed by atoms with E-state index in [0.717, 1.165) is 32.6 Å². The van der Waals surface area contributed by atoms with E-state index in [9.17, 15) is 5.11 Å². The zero-order valence-corrected chi connectivity index (χ0v) is 16.6. The zero-order valence-electron chi connectivity index (χ0n) is 15.8. The van der Waals surface area contributed by atoms with E-state index in [1.54, 1.807) is 24.4 Å². The first-order valence-corrected chi connectivity index (χ1v) is 10.2. The van der Waals surface area contributed by atoms with Gasteiger partial charge in [0.05, 0.1) is 22.5 Å². The summed E-state index contributed by atoms with van der Waals surface area (Å²) < 4.78 is 1.03. The van der Waals surface area contributed by atoms with Crippen LogP contribution in [0.3, 0.4) is 0 Å². The lowest BCUT2D eigenvalue weighted by atomic mass is 10.0. The van der Waals surface area contributed by atoms with Crippen molar-refractivity contribution in [3.63, 3.8) is 0 Å². The Balaban J connectivity index is 1.65. The van der Waals surface area contributed by atoms with Crippen LogP contribution in [-0.2, 0) is 0 Å². The fourth-order valence-corrected chi connectivity index (χ4v) is 4.46. The molecule has 1 N–H and O–H groups in total. The van der Waals surface area contributed by atoms with Crippen molar-refractivity contribution in [2.45, 2.75) is 0 Å². The summed E-state index contributed by atoms with van der Waals surface area (Å²) in [6.07, 6.45) is 1.79. The molecule has 4 nitrogen and oxygen atoms in total. The number of nitrogens with zero attached hydrogens (tertiary/aromatic N) is 3. The minimum Gasteiger partial charge on any atom is -0.507 e. The van der Waals surface area contributed by atoms with Gasteiger partial charge < -0.3 is 5.11 Å². The van der Waals surface area contributed by atoms with Gasteiger partial charge in [0, 0.05) is 22.9 Å². The Bertz CT molecular complexity index is 1420. The van der Waals surface area contributed by atoms with Gasteiger partial charge in [-0.25, -0.2) is 9.83 Å². The number of hydrogen-bond acceptors (Lipinski definition) is 4. The van der Waals surface area contributed by atoms with E-state index >= 15 is 0 Å². The van der Waals surface area contributed by atoms with E-state index in [0.29, 0.717) is 16.3 Å². The van der Waals surface area contributed by atoms with Gasteiger partial charge in [-0.1, -0.05) is 42.5 Å². The number of para-hydroxylation sites is 1. The predicted molar refractivity (Wildman–Crippen MR) is 122 cm³/mol. The molecule has 30 heavy (non-hydrogen) atoms. The van der Waals surface area contributed by atoms with E-state index in [4.69, 9.17) is 11.6 Å². The number of hydrogen-bond donors (Lipinski definition) is 1. The van der Waals surface area contributed by atoms with Crippen LogP contribution in [0.15, 0.2) is 85.1 Å². The second-order valence-corrected chi connectivity index (χ2v) is 7.81. The smallest absolute Gasteiger partial charge is 0.188 e. The molecule has 0 unspecified atom stereocenters. The highest BCUT2D eigenvalue weighted by Crippen LogP contribution is 2.40. The van der Waals surface area contributed by atoms with Gasteiger partial charge in [0.1, 0.15) is 10.8 Å². The maximum Gasteiger partial charge on any atom is 0.188 e. The summed E-state index contributed by atoms with van der Waals surface area (Å²) in [7, 11) is 0. The molecule has 0 aliphatic heterocycles. The van der Waals surface area contributed by atoms with E-state index < -0.39 is 0 Å². The topological polar surface area (TPSA) is 50.4 Å². The third-order valence-electron chi connectivity index (χ3n) is 4.89. The summed E-state index contributed by atoms with van der Waals surface area (Å²) in [6, 6.07) is 25.1. The first-order valence-electron chi connectivity index (χ1n) is 9.35. The molecule has 0 saturated heterocycles. The molecule has 0 bridgehead atoms. The van der Waals surface area contributed by atoms with Crippen LogP contribution in [-0.4, -0.2) is 15.1 Å². The Morgan fingerprint density at radius 1 is 0.833 bits per heavy atom. The molecule has 142 valence electrons. The van der Waals surface area contributed by atoms with Gasteiger partial charge in [-0.3, -0.25) is 4.98 Å². The van der Waals surface area contributed by atoms with Crippen molar-refractivity contribution in [3.05, 3.63) is 96.5 Å². The van der Waals surface area contributed by atoms with Crippen molar-refractivity contribution in [2.75, 3.05) is 0 Å². The average molecular weight is 405 g/mol. The third kappa shape index (κ3) is 3.20. The lowest BCUT2D eigenvalue weighted by Gasteiger charge is -2.06. The summed E-state index contributed by atoms with van der Waals surface area (Å²) in [5.41, 5.74) is 5.98.